The van der Waals surface area contributed by atoms with Crippen molar-refractivity contribution in [2.24, 2.45) is 5.41 Å². The molecule has 71 heavy (non-hydrogen) atoms. The molecule has 1 aliphatic heterocycles. The van der Waals surface area contributed by atoms with Crippen LogP contribution in [0.4, 0.5) is 5.82 Å². The van der Waals surface area contributed by atoms with Crippen molar-refractivity contribution in [3.05, 3.63) is 24.8 Å². The van der Waals surface area contributed by atoms with Crippen molar-refractivity contribution in [2.75, 3.05) is 37.8 Å². The summed E-state index contributed by atoms with van der Waals surface area (Å²) in [5, 5.41) is 26.7. The first-order chi connectivity index (χ1) is 33.6. The number of carbonyl (C=O) groups excluding carboxylic acids is 3. The minimum absolute atomic E-state index is 0.0336. The second kappa shape index (κ2) is 31.9. The molecule has 3 heterocycles. The van der Waals surface area contributed by atoms with Crippen LogP contribution in [0.15, 0.2) is 24.8 Å². The number of nitrogens with zero attached hydrogens (tertiary/aromatic N) is 4. The van der Waals surface area contributed by atoms with Crippen LogP contribution in [-0.2, 0) is 50.7 Å². The molecule has 0 aliphatic carbocycles. The normalized spacial score (nSPS) is 19.7. The highest BCUT2D eigenvalue weighted by molar-refractivity contribution is 8.13. The van der Waals surface area contributed by atoms with Crippen molar-refractivity contribution >= 4 is 69.1 Å². The Labute approximate surface area is 419 Å². The molecule has 0 spiro atoms. The molecule has 1 fully saturated rings. The number of amides is 2. The van der Waals surface area contributed by atoms with Gasteiger partial charge in [-0.1, -0.05) is 122 Å². The topological polar surface area (TPSA) is 364 Å². The van der Waals surface area contributed by atoms with Crippen LogP contribution in [0.25, 0.3) is 11.2 Å². The number of aromatic nitrogens is 4. The second-order valence-corrected chi connectivity index (χ2v) is 23.4. The molecule has 0 saturated carbocycles. The van der Waals surface area contributed by atoms with E-state index in [0.717, 1.165) is 54.7 Å². The number of nitrogen functional groups attached to an aromatic ring is 1. The van der Waals surface area contributed by atoms with Gasteiger partial charge in [-0.25, -0.2) is 28.6 Å². The minimum Gasteiger partial charge on any atom is -0.386 e. The molecule has 0 radical (unpaired) electrons. The van der Waals surface area contributed by atoms with Crippen molar-refractivity contribution in [2.45, 2.75) is 173 Å². The number of phosphoric ester groups is 3. The summed E-state index contributed by atoms with van der Waals surface area (Å²) in [4.78, 5) is 88.5. The highest BCUT2D eigenvalue weighted by Gasteiger charge is 2.50. The van der Waals surface area contributed by atoms with E-state index in [2.05, 4.69) is 53.5 Å². The van der Waals surface area contributed by atoms with E-state index in [0.29, 0.717) is 12.2 Å². The van der Waals surface area contributed by atoms with Crippen LogP contribution < -0.4 is 16.4 Å². The molecule has 7 atom stereocenters. The van der Waals surface area contributed by atoms with Gasteiger partial charge in [0, 0.05) is 37.1 Å². The van der Waals surface area contributed by atoms with Gasteiger partial charge >= 0.3 is 23.5 Å². The van der Waals surface area contributed by atoms with Gasteiger partial charge in [0.15, 0.2) is 22.8 Å². The molecule has 2 aromatic rings. The summed E-state index contributed by atoms with van der Waals surface area (Å²) in [7, 11) is -16.4. The van der Waals surface area contributed by atoms with Gasteiger partial charge in [0.1, 0.15) is 36.3 Å². The molecule has 2 unspecified atom stereocenters. The van der Waals surface area contributed by atoms with Gasteiger partial charge in [-0.2, -0.15) is 4.31 Å². The van der Waals surface area contributed by atoms with Crippen molar-refractivity contribution in [1.29, 1.82) is 0 Å². The number of nitrogens with two attached hydrogens (primary N) is 1. The van der Waals surface area contributed by atoms with Crippen LogP contribution >= 0.6 is 35.2 Å². The number of fused-ring (bicyclic) bond motifs is 1. The smallest absolute Gasteiger partial charge is 0.386 e. The number of carbonyl (C=O) groups is 3. The quantitative estimate of drug-likeness (QED) is 0.0203. The van der Waals surface area contributed by atoms with E-state index in [-0.39, 0.29) is 41.6 Å². The number of anilines is 1. The van der Waals surface area contributed by atoms with E-state index in [9.17, 15) is 57.9 Å². The Morgan fingerprint density at radius 3 is 2.06 bits per heavy atom. The Morgan fingerprint density at radius 1 is 0.845 bits per heavy atom. The van der Waals surface area contributed by atoms with Gasteiger partial charge < -0.3 is 50.9 Å². The molecule has 1 aliphatic rings. The predicted octanol–water partition coefficient (Wildman–Crippen LogP) is 6.26. The van der Waals surface area contributed by atoms with E-state index in [4.69, 9.17) is 19.5 Å². The molecule has 3 rings (SSSR count). The molecule has 2 amide bonds. The maximum absolute atomic E-state index is 12.8. The number of aliphatic hydroxyl groups is 2. The van der Waals surface area contributed by atoms with Crippen LogP contribution in [0, 0.1) is 5.41 Å². The zero-order valence-electron chi connectivity index (χ0n) is 41.0. The van der Waals surface area contributed by atoms with Crippen LogP contribution in [0.3, 0.4) is 0 Å². The summed E-state index contributed by atoms with van der Waals surface area (Å²) in [5.41, 5.74) is 4.29. The zero-order valence-corrected chi connectivity index (χ0v) is 44.5. The molecule has 10 N–H and O–H groups in total. The van der Waals surface area contributed by atoms with E-state index in [1.54, 1.807) is 0 Å². The summed E-state index contributed by atoms with van der Waals surface area (Å²) in [6, 6.07) is 0. The first-order valence-corrected chi connectivity index (χ1v) is 29.8. The predicted molar refractivity (Wildman–Crippen MR) is 265 cm³/mol. The number of rotatable bonds is 38. The van der Waals surface area contributed by atoms with E-state index in [1.165, 1.54) is 97.3 Å². The summed E-state index contributed by atoms with van der Waals surface area (Å²) < 4.78 is 62.5. The van der Waals surface area contributed by atoms with E-state index < -0.39 is 84.6 Å². The Morgan fingerprint density at radius 2 is 1.44 bits per heavy atom. The summed E-state index contributed by atoms with van der Waals surface area (Å²) in [6.07, 6.45) is 19.1. The molecule has 24 nitrogen and oxygen atoms in total. The Hall–Kier alpha value is -2.70. The number of hydrogen-bond acceptors (Lipinski definition) is 18. The Bertz CT molecular complexity index is 2120. The number of ether oxygens (including phenoxy) is 1. The molecule has 28 heteroatoms. The van der Waals surface area contributed by atoms with Crippen LogP contribution in [0.1, 0.15) is 149 Å². The van der Waals surface area contributed by atoms with Crippen molar-refractivity contribution in [1.82, 2.24) is 30.2 Å². The highest BCUT2D eigenvalue weighted by Crippen LogP contribution is 2.61. The van der Waals surface area contributed by atoms with Crippen LogP contribution in [0.5, 0.6) is 0 Å². The van der Waals surface area contributed by atoms with Gasteiger partial charge in [0.2, 0.25) is 11.8 Å². The fourth-order valence-electron chi connectivity index (χ4n) is 7.41. The number of unbranched alkanes of at least 4 members (excludes halogenated alkanes) is 15. The lowest BCUT2D eigenvalue weighted by Gasteiger charge is -2.30. The Kier molecular flexibility index (Phi) is 28.1. The van der Waals surface area contributed by atoms with Gasteiger partial charge in [-0.3, -0.25) is 32.5 Å². The lowest BCUT2D eigenvalue weighted by atomic mass is 9.87. The van der Waals surface area contributed by atoms with E-state index >= 15 is 0 Å². The monoisotopic (exact) mass is 1090 g/mol. The molecule has 406 valence electrons. The number of thioether (sulfide) groups is 1. The minimum atomic E-state index is -5.58. The first-order valence-electron chi connectivity index (χ1n) is 24.3. The summed E-state index contributed by atoms with van der Waals surface area (Å²) in [5.74, 6) is -1.03. The second-order valence-electron chi connectivity index (χ2n) is 18.0. The van der Waals surface area contributed by atoms with Crippen molar-refractivity contribution in [3.8, 4) is 0 Å². The number of phosphoric acid groups is 3. The molecular formula is C43H76N7O17P3S. The van der Waals surface area contributed by atoms with Gasteiger partial charge in [-0.15, -0.1) is 0 Å². The highest BCUT2D eigenvalue weighted by atomic mass is 32.2. The third-order valence-electron chi connectivity index (χ3n) is 11.4. The maximum Gasteiger partial charge on any atom is 0.481 e. The maximum atomic E-state index is 12.8. The molecule has 1 saturated heterocycles. The fourth-order valence-corrected chi connectivity index (χ4v) is 11.0. The molecule has 2 aromatic heterocycles. The largest absolute Gasteiger partial charge is 0.481 e. The van der Waals surface area contributed by atoms with Crippen LogP contribution in [0.2, 0.25) is 0 Å². The number of aliphatic hydroxyl groups excluding tert-OH is 2. The molecular weight excluding hydrogens is 1010 g/mol. The fraction of sp³-hybridized carbons (Fsp3) is 0.767. The lowest BCUT2D eigenvalue weighted by Crippen LogP contribution is -2.46. The molecule has 0 bridgehead atoms. The lowest BCUT2D eigenvalue weighted by molar-refractivity contribution is -0.137. The number of hydrogen-bond donors (Lipinski definition) is 9. The summed E-state index contributed by atoms with van der Waals surface area (Å²) in [6.45, 7) is 2.82. The van der Waals surface area contributed by atoms with E-state index in [1.807, 2.05) is 0 Å². The molecule has 0 aromatic carbocycles. The number of allylic oxidation sites excluding steroid dienone is 2. The van der Waals surface area contributed by atoms with Crippen LogP contribution in [-0.4, -0.2) is 123 Å². The third kappa shape index (κ3) is 24.5. The van der Waals surface area contributed by atoms with Gasteiger partial charge in [0.05, 0.1) is 19.5 Å². The van der Waals surface area contributed by atoms with Crippen molar-refractivity contribution in [3.63, 3.8) is 0 Å². The standard InChI is InChI=1S/C43H76N7O17P3S/c1-4-5-6-7-8-9-10-11-12-13-14-15-16-17-18-19-20-21-22-23-34(52)71-27-26-45-33(51)24-25-46-41(55)38(54)43(2,3)29-64-70(61,62)67-69(59,60)63-28-32-37(66-68(56,57)58)36(53)42(65-32)50-31-49-35-39(44)47-30-48-40(35)50/h13-14,30-32,36-38,42,53-54H,4-12,15-29H2,1-3H3,(H,45,51)(H,46,55)(H,59,60)(H,61,62)(H2,44,47,48)(H2,56,57,58)/b14-13-/t32-,36-,37-,38+,42-/m1/s1. The summed E-state index contributed by atoms with van der Waals surface area (Å²) >= 11 is 1.15. The van der Waals surface area contributed by atoms with Crippen molar-refractivity contribution < 1.29 is 80.5 Å². The zero-order chi connectivity index (χ0) is 52.5. The average Bonchev–Trinajstić information content (AvgIpc) is 3.86. The Balaban J connectivity index is 1.25. The number of nitrogens with one attached hydrogen (secondary N) is 2. The van der Waals surface area contributed by atoms with Gasteiger partial charge in [-0.05, 0) is 32.1 Å². The number of imidazole rings is 1. The average molecular weight is 1090 g/mol. The van der Waals surface area contributed by atoms with Gasteiger partial charge in [0.25, 0.3) is 0 Å². The SMILES string of the molecule is CCCCCCCCCC/C=C\CCCCCCCCCC(=O)SCCNC(=O)CCNC(=O)[C@H](O)C(C)(C)COP(=O)(O)OP(=O)(O)OC[C@H]1O[C@@H](n2cnc3c(N)ncnc32)[C@H](O)[C@@H]1OP(=O)(O)O. The first kappa shape index (κ1) is 62.6. The third-order valence-corrected chi connectivity index (χ3v) is 15.4.